The van der Waals surface area contributed by atoms with Crippen molar-refractivity contribution in [1.29, 1.82) is 0 Å². The van der Waals surface area contributed by atoms with E-state index in [1.807, 2.05) is 48.5 Å². The maximum atomic E-state index is 6.03. The molecule has 5 heteroatoms. The SMILES string of the molecule is Brc1ccc(OC2=C(OC3=C(Oc4ccc(Br)cc4)CC3)CC2)cc1. The molecule has 0 spiro atoms. The molecule has 4 rings (SSSR count). The predicted molar refractivity (Wildman–Crippen MR) is 103 cm³/mol. The molecule has 3 nitrogen and oxygen atoms in total. The van der Waals surface area contributed by atoms with E-state index in [-0.39, 0.29) is 0 Å². The summed E-state index contributed by atoms with van der Waals surface area (Å²) in [4.78, 5) is 0. The van der Waals surface area contributed by atoms with Gasteiger partial charge in [0.2, 0.25) is 0 Å². The highest BCUT2D eigenvalue weighted by molar-refractivity contribution is 9.10. The largest absolute Gasteiger partial charge is 0.459 e. The van der Waals surface area contributed by atoms with Gasteiger partial charge in [0, 0.05) is 34.6 Å². The van der Waals surface area contributed by atoms with Gasteiger partial charge in [-0.15, -0.1) is 0 Å². The zero-order chi connectivity index (χ0) is 17.2. The molecule has 0 amide bonds. The second-order valence-electron chi connectivity index (χ2n) is 5.91. The topological polar surface area (TPSA) is 27.7 Å². The van der Waals surface area contributed by atoms with Gasteiger partial charge in [0.05, 0.1) is 0 Å². The predicted octanol–water partition coefficient (Wildman–Crippen LogP) is 6.70. The summed E-state index contributed by atoms with van der Waals surface area (Å²) in [6.07, 6.45) is 3.62. The second kappa shape index (κ2) is 7.26. The van der Waals surface area contributed by atoms with Crippen LogP contribution in [0.4, 0.5) is 0 Å². The summed E-state index contributed by atoms with van der Waals surface area (Å²) in [7, 11) is 0. The van der Waals surface area contributed by atoms with E-state index in [4.69, 9.17) is 14.2 Å². The Bertz CT molecular complexity index is 765. The summed E-state index contributed by atoms with van der Waals surface area (Å²) in [6, 6.07) is 15.6. The van der Waals surface area contributed by atoms with Crippen molar-refractivity contribution >= 4 is 31.9 Å². The first-order valence-corrected chi connectivity index (χ1v) is 9.75. The van der Waals surface area contributed by atoms with E-state index in [9.17, 15) is 0 Å². The van der Waals surface area contributed by atoms with Crippen molar-refractivity contribution in [3.8, 4) is 11.5 Å². The molecule has 25 heavy (non-hydrogen) atoms. The third-order valence-corrected chi connectivity index (χ3v) is 5.19. The maximum absolute atomic E-state index is 6.03. The molecule has 0 saturated heterocycles. The highest BCUT2D eigenvalue weighted by atomic mass is 79.9. The van der Waals surface area contributed by atoms with Crippen LogP contribution in [0.3, 0.4) is 0 Å². The fourth-order valence-electron chi connectivity index (χ4n) is 2.53. The standard InChI is InChI=1S/C20H16Br2O3/c21-13-1-5-15(6-2-13)23-17-9-11-19(17)25-20-12-10-18(20)24-16-7-3-14(22)4-8-16/h1-8H,9-12H2. The Hall–Kier alpha value is -1.72. The molecule has 2 aliphatic rings. The Morgan fingerprint density at radius 2 is 0.800 bits per heavy atom. The first-order chi connectivity index (χ1) is 12.2. The summed E-state index contributed by atoms with van der Waals surface area (Å²) in [5, 5.41) is 0. The van der Waals surface area contributed by atoms with Gasteiger partial charge in [-0.3, -0.25) is 0 Å². The summed E-state index contributed by atoms with van der Waals surface area (Å²) in [5.41, 5.74) is 0. The number of hydrogen-bond donors (Lipinski definition) is 0. The zero-order valence-electron chi connectivity index (χ0n) is 13.4. The number of allylic oxidation sites excluding steroid dienone is 4. The van der Waals surface area contributed by atoms with E-state index < -0.39 is 0 Å². The first-order valence-electron chi connectivity index (χ1n) is 8.16. The van der Waals surface area contributed by atoms with Crippen molar-refractivity contribution in [3.05, 3.63) is 80.5 Å². The van der Waals surface area contributed by atoms with Gasteiger partial charge >= 0.3 is 0 Å². The Kier molecular flexibility index (Phi) is 4.86. The van der Waals surface area contributed by atoms with Crippen molar-refractivity contribution in [2.45, 2.75) is 25.7 Å². The van der Waals surface area contributed by atoms with Gasteiger partial charge in [0.15, 0.2) is 0 Å². The fourth-order valence-corrected chi connectivity index (χ4v) is 3.06. The zero-order valence-corrected chi connectivity index (χ0v) is 16.6. The molecule has 2 aromatic carbocycles. The van der Waals surface area contributed by atoms with Crippen LogP contribution in [-0.4, -0.2) is 0 Å². The minimum absolute atomic E-state index is 0.827. The summed E-state index contributed by atoms with van der Waals surface area (Å²) < 4.78 is 19.9. The quantitative estimate of drug-likeness (QED) is 0.477. The molecule has 2 aliphatic carbocycles. The smallest absolute Gasteiger partial charge is 0.143 e. The lowest BCUT2D eigenvalue weighted by Crippen LogP contribution is -2.18. The number of halogens is 2. The third kappa shape index (κ3) is 3.93. The molecule has 0 heterocycles. The monoisotopic (exact) mass is 462 g/mol. The highest BCUT2D eigenvalue weighted by Gasteiger charge is 2.28. The first kappa shape index (κ1) is 16.7. The van der Waals surface area contributed by atoms with Crippen molar-refractivity contribution in [3.63, 3.8) is 0 Å². The van der Waals surface area contributed by atoms with Crippen molar-refractivity contribution in [2.24, 2.45) is 0 Å². The van der Waals surface area contributed by atoms with Gasteiger partial charge in [0.1, 0.15) is 34.5 Å². The normalized spacial score (nSPS) is 16.2. The van der Waals surface area contributed by atoms with Gasteiger partial charge in [-0.25, -0.2) is 0 Å². The minimum atomic E-state index is 0.827. The van der Waals surface area contributed by atoms with E-state index in [1.54, 1.807) is 0 Å². The lowest BCUT2D eigenvalue weighted by atomic mass is 10.0. The van der Waals surface area contributed by atoms with Crippen LogP contribution in [0.2, 0.25) is 0 Å². The molecule has 128 valence electrons. The van der Waals surface area contributed by atoms with Gasteiger partial charge in [-0.1, -0.05) is 31.9 Å². The van der Waals surface area contributed by atoms with Gasteiger partial charge in [0.25, 0.3) is 0 Å². The molecular weight excluding hydrogens is 448 g/mol. The van der Waals surface area contributed by atoms with Crippen LogP contribution in [-0.2, 0) is 4.74 Å². The van der Waals surface area contributed by atoms with Crippen LogP contribution in [0.15, 0.2) is 80.5 Å². The Labute approximate surface area is 163 Å². The van der Waals surface area contributed by atoms with Crippen LogP contribution < -0.4 is 9.47 Å². The van der Waals surface area contributed by atoms with E-state index >= 15 is 0 Å². The number of rotatable bonds is 6. The van der Waals surface area contributed by atoms with Gasteiger partial charge in [-0.2, -0.15) is 0 Å². The molecule has 0 fully saturated rings. The lowest BCUT2D eigenvalue weighted by molar-refractivity contribution is 0.172. The van der Waals surface area contributed by atoms with Crippen molar-refractivity contribution < 1.29 is 14.2 Å². The lowest BCUT2D eigenvalue weighted by Gasteiger charge is -2.29. The van der Waals surface area contributed by atoms with Crippen molar-refractivity contribution in [1.82, 2.24) is 0 Å². The molecule has 0 N–H and O–H groups in total. The molecule has 0 unspecified atom stereocenters. The van der Waals surface area contributed by atoms with Crippen LogP contribution in [0.25, 0.3) is 0 Å². The Balaban J connectivity index is 1.42. The molecule has 2 aromatic rings. The number of benzene rings is 2. The van der Waals surface area contributed by atoms with E-state index in [1.165, 1.54) is 0 Å². The summed E-state index contributed by atoms with van der Waals surface area (Å²) >= 11 is 6.85. The summed E-state index contributed by atoms with van der Waals surface area (Å²) in [5.74, 6) is 5.29. The average molecular weight is 464 g/mol. The van der Waals surface area contributed by atoms with Crippen LogP contribution in [0, 0.1) is 0 Å². The third-order valence-electron chi connectivity index (χ3n) is 4.14. The molecule has 0 saturated carbocycles. The van der Waals surface area contributed by atoms with Crippen LogP contribution >= 0.6 is 31.9 Å². The maximum Gasteiger partial charge on any atom is 0.143 e. The molecule has 0 radical (unpaired) electrons. The van der Waals surface area contributed by atoms with E-state index in [2.05, 4.69) is 31.9 Å². The van der Waals surface area contributed by atoms with Gasteiger partial charge < -0.3 is 14.2 Å². The Morgan fingerprint density at radius 3 is 1.12 bits per heavy atom. The summed E-state index contributed by atoms with van der Waals surface area (Å²) in [6.45, 7) is 0. The molecule has 0 aromatic heterocycles. The second-order valence-corrected chi connectivity index (χ2v) is 7.74. The number of hydrogen-bond acceptors (Lipinski definition) is 3. The molecule has 0 atom stereocenters. The van der Waals surface area contributed by atoms with Gasteiger partial charge in [-0.05, 0) is 48.5 Å². The van der Waals surface area contributed by atoms with E-state index in [0.29, 0.717) is 0 Å². The molecule has 0 bridgehead atoms. The number of ether oxygens (including phenoxy) is 3. The molecule has 0 aliphatic heterocycles. The molecular formula is C20H16Br2O3. The van der Waals surface area contributed by atoms with Crippen LogP contribution in [0.1, 0.15) is 25.7 Å². The average Bonchev–Trinajstić information content (AvgIpc) is 2.59. The highest BCUT2D eigenvalue weighted by Crippen LogP contribution is 2.38. The van der Waals surface area contributed by atoms with Crippen molar-refractivity contribution in [2.75, 3.05) is 0 Å². The van der Waals surface area contributed by atoms with Crippen LogP contribution in [0.5, 0.6) is 11.5 Å². The van der Waals surface area contributed by atoms with E-state index in [0.717, 1.165) is 69.2 Å². The fraction of sp³-hybridized carbons (Fsp3) is 0.200. The minimum Gasteiger partial charge on any atom is -0.459 e. The Morgan fingerprint density at radius 1 is 0.480 bits per heavy atom.